The molecule has 7 aliphatic rings. The molecule has 0 aromatic rings. The van der Waals surface area contributed by atoms with Gasteiger partial charge in [0, 0.05) is 12.3 Å². The molecule has 0 amide bonds. The first kappa shape index (κ1) is 34.6. The Balaban J connectivity index is 1.13. The van der Waals surface area contributed by atoms with Crippen molar-refractivity contribution in [1.29, 1.82) is 0 Å². The maximum atomic E-state index is 12.5. The Hall–Kier alpha value is -0.850. The van der Waals surface area contributed by atoms with E-state index < -0.39 is 54.5 Å². The van der Waals surface area contributed by atoms with Crippen molar-refractivity contribution in [1.82, 2.24) is 0 Å². The van der Waals surface area contributed by atoms with Gasteiger partial charge < -0.3 is 44.5 Å². The van der Waals surface area contributed by atoms with E-state index >= 15 is 0 Å². The Labute approximate surface area is 279 Å². The number of aliphatic hydroxyl groups excluding tert-OH is 5. The summed E-state index contributed by atoms with van der Waals surface area (Å²) in [6, 6.07) is 0. The fraction of sp³-hybridized carbons (Fsp3) is 0.973. The summed E-state index contributed by atoms with van der Waals surface area (Å²) in [7, 11) is 0. The number of esters is 1. The summed E-state index contributed by atoms with van der Waals surface area (Å²) < 4.78 is 24.4. The number of hydrogen-bond acceptors (Lipinski definition) is 10. The van der Waals surface area contributed by atoms with Gasteiger partial charge in [0.2, 0.25) is 0 Å². The van der Waals surface area contributed by atoms with Crippen LogP contribution in [0, 0.1) is 50.7 Å². The minimum absolute atomic E-state index is 0.0676. The molecule has 7 rings (SSSR count). The van der Waals surface area contributed by atoms with Gasteiger partial charge in [-0.25, -0.2) is 0 Å². The molecular formula is C37H60O10. The van der Waals surface area contributed by atoms with Crippen LogP contribution in [0.1, 0.15) is 107 Å². The van der Waals surface area contributed by atoms with Gasteiger partial charge >= 0.3 is 5.97 Å². The van der Waals surface area contributed by atoms with Crippen LogP contribution in [0.5, 0.6) is 0 Å². The van der Waals surface area contributed by atoms with E-state index in [0.29, 0.717) is 18.3 Å². The van der Waals surface area contributed by atoms with Crippen LogP contribution in [0.15, 0.2) is 0 Å². The lowest BCUT2D eigenvalue weighted by Crippen LogP contribution is -2.61. The Kier molecular flexibility index (Phi) is 7.97. The van der Waals surface area contributed by atoms with Crippen molar-refractivity contribution in [2.45, 2.75) is 167 Å². The van der Waals surface area contributed by atoms with E-state index in [-0.39, 0.29) is 57.7 Å². The van der Waals surface area contributed by atoms with E-state index in [1.165, 1.54) is 13.3 Å². The lowest BCUT2D eigenvalue weighted by Gasteiger charge is -2.64. The van der Waals surface area contributed by atoms with Crippen LogP contribution in [0.25, 0.3) is 0 Å². The standard InChI is InChI=1S/C37H60O10/c1-18-15-21(29(42)33(5,6)47-19(2)38)45-28-25(18)34(7)13-14-37-17-36(37)12-11-24(46-31-27(41)26(40)20(39)16-44-31)32(3,4)22(36)9-10-23(37)35(34,8)30(28)43/h18,20-31,39-43H,9-17H2,1-8H3/t18-,20-,21-,22+,23+,24+,25?,26+,27-,28?,29+,30+,31+,34-,35-,36-,37+/m1/s1. The van der Waals surface area contributed by atoms with Gasteiger partial charge in [0.1, 0.15) is 30.0 Å². The van der Waals surface area contributed by atoms with Crippen molar-refractivity contribution in [2.75, 3.05) is 6.61 Å². The van der Waals surface area contributed by atoms with Gasteiger partial charge in [-0.05, 0) is 111 Å². The normalized spacial score (nSPS) is 55.4. The highest BCUT2D eigenvalue weighted by atomic mass is 16.7. The molecule has 2 unspecified atom stereocenters. The number of carbonyl (C=O) groups excluding carboxylic acids is 1. The maximum Gasteiger partial charge on any atom is 0.303 e. The van der Waals surface area contributed by atoms with Crippen molar-refractivity contribution in [2.24, 2.45) is 50.7 Å². The fourth-order valence-corrected chi connectivity index (χ4v) is 13.7. The zero-order valence-corrected chi connectivity index (χ0v) is 29.6. The van der Waals surface area contributed by atoms with Crippen LogP contribution < -0.4 is 0 Å². The summed E-state index contributed by atoms with van der Waals surface area (Å²) in [5.74, 6) is 0.738. The molecule has 2 spiro atoms. The van der Waals surface area contributed by atoms with Gasteiger partial charge in [-0.3, -0.25) is 4.79 Å². The Morgan fingerprint density at radius 1 is 0.936 bits per heavy atom. The number of carbonyl (C=O) groups is 1. The van der Waals surface area contributed by atoms with Crippen molar-refractivity contribution < 1.29 is 49.3 Å². The average molecular weight is 665 g/mol. The third-order valence-corrected chi connectivity index (χ3v) is 16.0. The molecule has 5 N–H and O–H groups in total. The number of ether oxygens (including phenoxy) is 4. The molecular weight excluding hydrogens is 604 g/mol. The molecule has 2 heterocycles. The first-order chi connectivity index (χ1) is 21.8. The molecule has 0 aromatic carbocycles. The van der Waals surface area contributed by atoms with Gasteiger partial charge in [0.15, 0.2) is 6.29 Å². The first-order valence-corrected chi connectivity index (χ1v) is 18.3. The van der Waals surface area contributed by atoms with Crippen LogP contribution in [-0.4, -0.2) is 98.8 Å². The Bertz CT molecular complexity index is 1260. The number of fused-ring (bicyclic) bond motifs is 4. The summed E-state index contributed by atoms with van der Waals surface area (Å²) in [4.78, 5) is 11.8. The summed E-state index contributed by atoms with van der Waals surface area (Å²) in [6.07, 6.45) is 0.503. The van der Waals surface area contributed by atoms with Crippen LogP contribution in [0.2, 0.25) is 0 Å². The minimum atomic E-state index is -1.30. The summed E-state index contributed by atoms with van der Waals surface area (Å²) in [6.45, 7) is 16.3. The predicted molar refractivity (Wildman–Crippen MR) is 171 cm³/mol. The molecule has 5 aliphatic carbocycles. The third-order valence-electron chi connectivity index (χ3n) is 16.0. The average Bonchev–Trinajstić information content (AvgIpc) is 3.62. The van der Waals surface area contributed by atoms with E-state index in [9.17, 15) is 30.3 Å². The number of hydrogen-bond donors (Lipinski definition) is 5. The molecule has 268 valence electrons. The lowest BCUT2D eigenvalue weighted by atomic mass is 9.41. The first-order valence-electron chi connectivity index (χ1n) is 18.3. The predicted octanol–water partition coefficient (Wildman–Crippen LogP) is 3.33. The van der Waals surface area contributed by atoms with Gasteiger partial charge in [0.25, 0.3) is 0 Å². The smallest absolute Gasteiger partial charge is 0.303 e. The van der Waals surface area contributed by atoms with Gasteiger partial charge in [-0.15, -0.1) is 0 Å². The monoisotopic (exact) mass is 664 g/mol. The van der Waals surface area contributed by atoms with Crippen molar-refractivity contribution >= 4 is 5.97 Å². The van der Waals surface area contributed by atoms with E-state index in [0.717, 1.165) is 38.5 Å². The van der Waals surface area contributed by atoms with E-state index in [1.807, 2.05) is 0 Å². The van der Waals surface area contributed by atoms with Crippen LogP contribution in [-0.2, 0) is 23.7 Å². The zero-order valence-electron chi connectivity index (χ0n) is 29.6. The third kappa shape index (κ3) is 4.47. The Morgan fingerprint density at radius 3 is 2.28 bits per heavy atom. The molecule has 0 aromatic heterocycles. The van der Waals surface area contributed by atoms with Crippen molar-refractivity contribution in [3.05, 3.63) is 0 Å². The van der Waals surface area contributed by atoms with Crippen LogP contribution in [0.3, 0.4) is 0 Å². The highest BCUT2D eigenvalue weighted by Gasteiger charge is 2.84. The molecule has 10 nitrogen and oxygen atoms in total. The Morgan fingerprint density at radius 2 is 1.60 bits per heavy atom. The molecule has 7 fully saturated rings. The number of aliphatic hydroxyl groups is 5. The second kappa shape index (κ2) is 10.8. The molecule has 47 heavy (non-hydrogen) atoms. The molecule has 5 saturated carbocycles. The van der Waals surface area contributed by atoms with E-state index in [2.05, 4.69) is 34.6 Å². The van der Waals surface area contributed by atoms with Gasteiger partial charge in [-0.2, -0.15) is 0 Å². The maximum absolute atomic E-state index is 12.5. The fourth-order valence-electron chi connectivity index (χ4n) is 13.7. The van der Waals surface area contributed by atoms with Crippen molar-refractivity contribution in [3.63, 3.8) is 0 Å². The summed E-state index contributed by atoms with van der Waals surface area (Å²) >= 11 is 0. The number of rotatable bonds is 5. The molecule has 2 saturated heterocycles. The van der Waals surface area contributed by atoms with Crippen molar-refractivity contribution in [3.8, 4) is 0 Å². The minimum Gasteiger partial charge on any atom is -0.457 e. The van der Waals surface area contributed by atoms with Crippen LogP contribution in [0.4, 0.5) is 0 Å². The molecule has 0 bridgehead atoms. The second-order valence-corrected chi connectivity index (χ2v) is 18.6. The quantitative estimate of drug-likeness (QED) is 0.218. The van der Waals surface area contributed by atoms with E-state index in [4.69, 9.17) is 18.9 Å². The molecule has 10 heteroatoms. The summed E-state index contributed by atoms with van der Waals surface area (Å²) in [5, 5.41) is 54.7. The van der Waals surface area contributed by atoms with E-state index in [1.54, 1.807) is 13.8 Å². The second-order valence-electron chi connectivity index (χ2n) is 18.6. The SMILES string of the molecule is CC(=O)OC(C)(C)[C@@H](O)[C@H]1C[C@@H](C)C2C(O1)[C@H](O)[C@@]1(C)[C@@H]3CC[C@H]4C(C)(C)[C@@H](O[C@@H]5OC[C@@H](O)[C@H](O)[C@H]5O)CC[C@@]45C[C@@]35CC[C@]21C. The molecule has 2 aliphatic heterocycles. The van der Waals surface area contributed by atoms with Gasteiger partial charge in [-0.1, -0.05) is 34.6 Å². The van der Waals surface area contributed by atoms with Crippen LogP contribution >= 0.6 is 0 Å². The van der Waals surface area contributed by atoms with Gasteiger partial charge in [0.05, 0.1) is 31.0 Å². The summed E-state index contributed by atoms with van der Waals surface area (Å²) in [5.41, 5.74) is -1.41. The lowest BCUT2D eigenvalue weighted by molar-refractivity contribution is -0.303. The molecule has 17 atom stereocenters. The molecule has 0 radical (unpaired) electrons. The largest absolute Gasteiger partial charge is 0.457 e. The zero-order chi connectivity index (χ0) is 34.3. The highest BCUT2D eigenvalue weighted by molar-refractivity contribution is 5.66. The topological polar surface area (TPSA) is 155 Å². The highest BCUT2D eigenvalue weighted by Crippen LogP contribution is 2.89.